The van der Waals surface area contributed by atoms with Gasteiger partial charge in [-0.3, -0.25) is 0 Å². The van der Waals surface area contributed by atoms with Gasteiger partial charge in [-0.05, 0) is 43.7 Å². The highest BCUT2D eigenvalue weighted by molar-refractivity contribution is 7.98. The molecule has 0 amide bonds. The van der Waals surface area contributed by atoms with E-state index >= 15 is 0 Å². The maximum absolute atomic E-state index is 5.71. The van der Waals surface area contributed by atoms with Crippen LogP contribution in [0.4, 0.5) is 0 Å². The van der Waals surface area contributed by atoms with Crippen molar-refractivity contribution in [3.63, 3.8) is 0 Å². The summed E-state index contributed by atoms with van der Waals surface area (Å²) >= 11 is 2.02. The van der Waals surface area contributed by atoms with Gasteiger partial charge in [-0.25, -0.2) is 0 Å². The van der Waals surface area contributed by atoms with E-state index in [0.29, 0.717) is 0 Å². The zero-order chi connectivity index (χ0) is 11.2. The Hall–Kier alpha value is -0.410. The summed E-state index contributed by atoms with van der Waals surface area (Å²) in [6.07, 6.45) is 5.77. The van der Waals surface area contributed by atoms with Gasteiger partial charge in [0, 0.05) is 0 Å². The molecule has 1 fully saturated rings. The van der Waals surface area contributed by atoms with Crippen LogP contribution in [0.2, 0.25) is 0 Å². The second-order valence-electron chi connectivity index (χ2n) is 4.56. The van der Waals surface area contributed by atoms with Gasteiger partial charge < -0.3 is 9.73 Å². The standard InChI is InChI=1S/C13H21NOS/c1-14-8-12-6-7-13(15-12)10-16-9-11-4-2-3-5-11/h6-7,11,14H,2-5,8-10H2,1H3. The van der Waals surface area contributed by atoms with Crippen LogP contribution in [0.5, 0.6) is 0 Å². The molecule has 90 valence electrons. The third-order valence-electron chi connectivity index (χ3n) is 3.14. The Bertz CT molecular complexity index is 305. The summed E-state index contributed by atoms with van der Waals surface area (Å²) in [5, 5.41) is 3.10. The van der Waals surface area contributed by atoms with E-state index in [1.54, 1.807) is 0 Å². The van der Waals surface area contributed by atoms with Gasteiger partial charge in [0.25, 0.3) is 0 Å². The number of hydrogen-bond donors (Lipinski definition) is 1. The van der Waals surface area contributed by atoms with Gasteiger partial charge in [-0.2, -0.15) is 11.8 Å². The fraction of sp³-hybridized carbons (Fsp3) is 0.692. The first kappa shape index (κ1) is 12.1. The fourth-order valence-electron chi connectivity index (χ4n) is 2.27. The number of hydrogen-bond acceptors (Lipinski definition) is 3. The van der Waals surface area contributed by atoms with E-state index < -0.39 is 0 Å². The second-order valence-corrected chi connectivity index (χ2v) is 5.59. The van der Waals surface area contributed by atoms with Crippen LogP contribution in [0, 0.1) is 5.92 Å². The largest absolute Gasteiger partial charge is 0.464 e. The van der Waals surface area contributed by atoms with Crippen molar-refractivity contribution in [2.24, 2.45) is 5.92 Å². The minimum absolute atomic E-state index is 0.827. The maximum atomic E-state index is 5.71. The van der Waals surface area contributed by atoms with Crippen LogP contribution in [0.3, 0.4) is 0 Å². The van der Waals surface area contributed by atoms with Crippen LogP contribution in [-0.4, -0.2) is 12.8 Å². The third-order valence-corrected chi connectivity index (χ3v) is 4.34. The minimum Gasteiger partial charge on any atom is -0.464 e. The molecule has 16 heavy (non-hydrogen) atoms. The molecule has 2 nitrogen and oxygen atoms in total. The van der Waals surface area contributed by atoms with Crippen LogP contribution >= 0.6 is 11.8 Å². The Morgan fingerprint density at radius 2 is 2.06 bits per heavy atom. The van der Waals surface area contributed by atoms with Crippen LogP contribution in [0.1, 0.15) is 37.2 Å². The van der Waals surface area contributed by atoms with Gasteiger partial charge in [0.2, 0.25) is 0 Å². The molecule has 1 aliphatic rings. The van der Waals surface area contributed by atoms with Gasteiger partial charge >= 0.3 is 0 Å². The van der Waals surface area contributed by atoms with Crippen molar-refractivity contribution in [3.8, 4) is 0 Å². The second kappa shape index (κ2) is 6.36. The van der Waals surface area contributed by atoms with Crippen molar-refractivity contribution in [2.45, 2.75) is 38.0 Å². The van der Waals surface area contributed by atoms with Crippen LogP contribution in [-0.2, 0) is 12.3 Å². The van der Waals surface area contributed by atoms with Crippen molar-refractivity contribution >= 4 is 11.8 Å². The molecule has 2 rings (SSSR count). The van der Waals surface area contributed by atoms with Crippen molar-refractivity contribution in [1.82, 2.24) is 5.32 Å². The SMILES string of the molecule is CNCc1ccc(CSCC2CCCC2)o1. The molecule has 0 unspecified atom stereocenters. The van der Waals surface area contributed by atoms with Crippen LogP contribution < -0.4 is 5.32 Å². The van der Waals surface area contributed by atoms with E-state index in [0.717, 1.165) is 29.7 Å². The third kappa shape index (κ3) is 3.56. The first-order valence-electron chi connectivity index (χ1n) is 6.18. The average molecular weight is 239 g/mol. The van der Waals surface area contributed by atoms with Crippen molar-refractivity contribution in [2.75, 3.05) is 12.8 Å². The van der Waals surface area contributed by atoms with E-state index in [9.17, 15) is 0 Å². The summed E-state index contributed by atoms with van der Waals surface area (Å²) in [6, 6.07) is 4.18. The quantitative estimate of drug-likeness (QED) is 0.823. The maximum Gasteiger partial charge on any atom is 0.117 e. The molecule has 0 aliphatic heterocycles. The molecular formula is C13H21NOS. The summed E-state index contributed by atoms with van der Waals surface area (Å²) < 4.78 is 5.71. The predicted molar refractivity (Wildman–Crippen MR) is 69.6 cm³/mol. The summed E-state index contributed by atoms with van der Waals surface area (Å²) in [5.74, 6) is 5.46. The van der Waals surface area contributed by atoms with Gasteiger partial charge in [0.05, 0.1) is 12.3 Å². The summed E-state index contributed by atoms with van der Waals surface area (Å²) in [7, 11) is 1.94. The summed E-state index contributed by atoms with van der Waals surface area (Å²) in [5.41, 5.74) is 0. The molecule has 1 saturated carbocycles. The van der Waals surface area contributed by atoms with E-state index in [-0.39, 0.29) is 0 Å². The van der Waals surface area contributed by atoms with Crippen LogP contribution in [0.25, 0.3) is 0 Å². The molecule has 0 saturated heterocycles. The predicted octanol–water partition coefficient (Wildman–Crippen LogP) is 3.42. The van der Waals surface area contributed by atoms with Crippen molar-refractivity contribution < 1.29 is 4.42 Å². The Labute approximate surface area is 102 Å². The first-order valence-corrected chi connectivity index (χ1v) is 7.34. The molecule has 1 aliphatic carbocycles. The number of furan rings is 1. The lowest BCUT2D eigenvalue weighted by Gasteiger charge is -2.06. The highest BCUT2D eigenvalue weighted by atomic mass is 32.2. The van der Waals surface area contributed by atoms with E-state index in [4.69, 9.17) is 4.42 Å². The van der Waals surface area contributed by atoms with Gasteiger partial charge in [0.15, 0.2) is 0 Å². The molecule has 0 atom stereocenters. The molecule has 1 heterocycles. The van der Waals surface area contributed by atoms with Gasteiger partial charge in [-0.1, -0.05) is 12.8 Å². The highest BCUT2D eigenvalue weighted by Gasteiger charge is 2.14. The minimum atomic E-state index is 0.827. The molecular weight excluding hydrogens is 218 g/mol. The Morgan fingerprint density at radius 1 is 1.31 bits per heavy atom. The van der Waals surface area contributed by atoms with Crippen molar-refractivity contribution in [1.29, 1.82) is 0 Å². The molecule has 0 bridgehead atoms. The Kier molecular flexibility index (Phi) is 4.79. The lowest BCUT2D eigenvalue weighted by atomic mass is 10.1. The smallest absolute Gasteiger partial charge is 0.117 e. The highest BCUT2D eigenvalue weighted by Crippen LogP contribution is 2.29. The van der Waals surface area contributed by atoms with Gasteiger partial charge in [-0.15, -0.1) is 0 Å². The average Bonchev–Trinajstić information content (AvgIpc) is 2.90. The molecule has 1 aromatic heterocycles. The first-order chi connectivity index (χ1) is 7.88. The monoisotopic (exact) mass is 239 g/mol. The van der Waals surface area contributed by atoms with Gasteiger partial charge in [0.1, 0.15) is 11.5 Å². The molecule has 1 N–H and O–H groups in total. The molecule has 3 heteroatoms. The molecule has 0 aromatic carbocycles. The normalized spacial score (nSPS) is 17.1. The molecule has 0 spiro atoms. The topological polar surface area (TPSA) is 25.2 Å². The fourth-order valence-corrected chi connectivity index (χ4v) is 3.41. The van der Waals surface area contributed by atoms with E-state index in [1.807, 2.05) is 18.8 Å². The van der Waals surface area contributed by atoms with Crippen molar-refractivity contribution in [3.05, 3.63) is 23.7 Å². The Balaban J connectivity index is 1.67. The van der Waals surface area contributed by atoms with E-state index in [2.05, 4.69) is 17.4 Å². The molecule has 1 aromatic rings. The number of rotatable bonds is 6. The van der Waals surface area contributed by atoms with Crippen LogP contribution in [0.15, 0.2) is 16.5 Å². The number of nitrogens with one attached hydrogen (secondary N) is 1. The lowest BCUT2D eigenvalue weighted by molar-refractivity contribution is 0.468. The zero-order valence-corrected chi connectivity index (χ0v) is 10.8. The van der Waals surface area contributed by atoms with E-state index in [1.165, 1.54) is 31.4 Å². The lowest BCUT2D eigenvalue weighted by Crippen LogP contribution is -2.03. The summed E-state index contributed by atoms with van der Waals surface area (Å²) in [6.45, 7) is 0.827. The zero-order valence-electron chi connectivity index (χ0n) is 10.00. The Morgan fingerprint density at radius 3 is 2.81 bits per heavy atom. The molecule has 0 radical (unpaired) electrons. The summed E-state index contributed by atoms with van der Waals surface area (Å²) in [4.78, 5) is 0. The number of thioether (sulfide) groups is 1.